The highest BCUT2D eigenvalue weighted by atomic mass is 16.1. The number of aromatic nitrogens is 1. The Morgan fingerprint density at radius 1 is 1.32 bits per heavy atom. The van der Waals surface area contributed by atoms with E-state index in [-0.39, 0.29) is 5.91 Å². The van der Waals surface area contributed by atoms with E-state index in [0.29, 0.717) is 19.5 Å². The monoisotopic (exact) mass is 257 g/mol. The van der Waals surface area contributed by atoms with Gasteiger partial charge in [0.25, 0.3) is 0 Å². The normalized spacial score (nSPS) is 10.6. The molecule has 0 fully saturated rings. The Bertz CT molecular complexity index is 581. The van der Waals surface area contributed by atoms with Gasteiger partial charge in [-0.05, 0) is 31.5 Å². The zero-order valence-corrected chi connectivity index (χ0v) is 11.1. The number of hydrogen-bond donors (Lipinski definition) is 2. The second-order valence-corrected chi connectivity index (χ2v) is 4.62. The Hall–Kier alpha value is -1.94. The maximum Gasteiger partial charge on any atom is 0.226 e. The van der Waals surface area contributed by atoms with Crippen molar-refractivity contribution >= 4 is 16.8 Å². The average molecular weight is 257 g/mol. The van der Waals surface area contributed by atoms with Crippen molar-refractivity contribution in [3.8, 4) is 0 Å². The fraction of sp³-hybridized carbons (Fsp3) is 0.333. The maximum absolute atomic E-state index is 11.7. The van der Waals surface area contributed by atoms with Crippen molar-refractivity contribution in [3.63, 3.8) is 0 Å². The number of benzene rings is 1. The molecule has 2 aromatic rings. The average Bonchev–Trinajstić information content (AvgIpc) is 2.40. The summed E-state index contributed by atoms with van der Waals surface area (Å²) in [6, 6.07) is 9.99. The van der Waals surface area contributed by atoms with Crippen LogP contribution in [0, 0.1) is 6.92 Å². The van der Waals surface area contributed by atoms with Gasteiger partial charge in [0.2, 0.25) is 5.91 Å². The van der Waals surface area contributed by atoms with Gasteiger partial charge in [-0.15, -0.1) is 0 Å². The summed E-state index contributed by atoms with van der Waals surface area (Å²) < 4.78 is 0. The lowest BCUT2D eigenvalue weighted by atomic mass is 10.1. The first-order chi connectivity index (χ1) is 9.20. The molecule has 0 atom stereocenters. The summed E-state index contributed by atoms with van der Waals surface area (Å²) in [5.41, 5.74) is 8.28. The molecule has 3 N–H and O–H groups in total. The van der Waals surface area contributed by atoms with Crippen molar-refractivity contribution in [2.24, 2.45) is 5.73 Å². The number of rotatable bonds is 5. The van der Waals surface area contributed by atoms with Crippen LogP contribution in [0.1, 0.15) is 17.7 Å². The van der Waals surface area contributed by atoms with Crippen molar-refractivity contribution in [3.05, 3.63) is 41.6 Å². The van der Waals surface area contributed by atoms with E-state index in [1.807, 2.05) is 37.3 Å². The quantitative estimate of drug-likeness (QED) is 0.799. The number of nitrogens with zero attached hydrogens (tertiary/aromatic N) is 1. The van der Waals surface area contributed by atoms with Gasteiger partial charge in [-0.3, -0.25) is 9.78 Å². The molecule has 0 saturated carbocycles. The highest BCUT2D eigenvalue weighted by molar-refractivity contribution is 5.83. The number of aryl methyl sites for hydroxylation is 1. The second-order valence-electron chi connectivity index (χ2n) is 4.62. The first-order valence-corrected chi connectivity index (χ1v) is 6.52. The molecular formula is C15H19N3O. The predicted octanol–water partition coefficient (Wildman–Crippen LogP) is 1.55. The van der Waals surface area contributed by atoms with Crippen molar-refractivity contribution < 1.29 is 4.79 Å². The van der Waals surface area contributed by atoms with Gasteiger partial charge >= 0.3 is 0 Å². The number of hydrogen-bond acceptors (Lipinski definition) is 3. The van der Waals surface area contributed by atoms with Crippen LogP contribution in [0.4, 0.5) is 0 Å². The van der Waals surface area contributed by atoms with Crippen LogP contribution in [0.5, 0.6) is 0 Å². The molecule has 0 spiro atoms. The molecule has 19 heavy (non-hydrogen) atoms. The highest BCUT2D eigenvalue weighted by Gasteiger charge is 2.06. The summed E-state index contributed by atoms with van der Waals surface area (Å²) in [5, 5.41) is 3.94. The van der Waals surface area contributed by atoms with E-state index in [4.69, 9.17) is 5.73 Å². The second kappa shape index (κ2) is 6.29. The van der Waals surface area contributed by atoms with Crippen LogP contribution in [0.15, 0.2) is 30.3 Å². The summed E-state index contributed by atoms with van der Waals surface area (Å²) in [6.07, 6.45) is 1.12. The minimum atomic E-state index is -0.00566. The zero-order valence-electron chi connectivity index (χ0n) is 11.1. The maximum atomic E-state index is 11.7. The first-order valence-electron chi connectivity index (χ1n) is 6.52. The van der Waals surface area contributed by atoms with Crippen molar-refractivity contribution in [1.82, 2.24) is 10.3 Å². The van der Waals surface area contributed by atoms with E-state index in [1.54, 1.807) is 0 Å². The zero-order chi connectivity index (χ0) is 13.7. The Morgan fingerprint density at radius 2 is 2.16 bits per heavy atom. The number of carbonyl (C=O) groups excluding carboxylic acids is 1. The fourth-order valence-corrected chi connectivity index (χ4v) is 1.99. The van der Waals surface area contributed by atoms with Crippen molar-refractivity contribution in [1.29, 1.82) is 0 Å². The van der Waals surface area contributed by atoms with Crippen LogP contribution in [-0.2, 0) is 11.2 Å². The van der Waals surface area contributed by atoms with E-state index in [2.05, 4.69) is 10.3 Å². The van der Waals surface area contributed by atoms with Crippen LogP contribution in [0.2, 0.25) is 0 Å². The Labute approximate surface area is 113 Å². The van der Waals surface area contributed by atoms with E-state index >= 15 is 0 Å². The molecule has 4 nitrogen and oxygen atoms in total. The summed E-state index contributed by atoms with van der Waals surface area (Å²) in [5.74, 6) is -0.00566. The topological polar surface area (TPSA) is 68.0 Å². The molecule has 0 saturated heterocycles. The molecule has 0 bridgehead atoms. The lowest BCUT2D eigenvalue weighted by Crippen LogP contribution is -2.27. The van der Waals surface area contributed by atoms with E-state index in [0.717, 1.165) is 28.6 Å². The number of pyridine rings is 1. The highest BCUT2D eigenvalue weighted by Crippen LogP contribution is 2.16. The molecule has 0 aliphatic rings. The van der Waals surface area contributed by atoms with Crippen LogP contribution in [-0.4, -0.2) is 24.0 Å². The minimum absolute atomic E-state index is 0.00566. The fourth-order valence-electron chi connectivity index (χ4n) is 1.99. The Kier molecular flexibility index (Phi) is 4.47. The molecule has 1 aromatic heterocycles. The molecule has 0 aliphatic carbocycles. The molecule has 1 aromatic carbocycles. The number of para-hydroxylation sites is 1. The standard InChI is InChI=1S/C15H19N3O/c1-11-4-2-5-12-6-7-13(18-15(11)12)10-14(19)17-9-3-8-16/h2,4-7H,3,8-10,16H2,1H3,(H,17,19). The Morgan fingerprint density at radius 3 is 2.95 bits per heavy atom. The molecular weight excluding hydrogens is 238 g/mol. The summed E-state index contributed by atoms with van der Waals surface area (Å²) in [7, 11) is 0. The molecule has 0 unspecified atom stereocenters. The summed E-state index contributed by atoms with van der Waals surface area (Å²) >= 11 is 0. The lowest BCUT2D eigenvalue weighted by Gasteiger charge is -2.06. The molecule has 2 rings (SSSR count). The molecule has 0 radical (unpaired) electrons. The van der Waals surface area contributed by atoms with Gasteiger partial charge in [0, 0.05) is 11.9 Å². The van der Waals surface area contributed by atoms with Crippen LogP contribution in [0.25, 0.3) is 10.9 Å². The van der Waals surface area contributed by atoms with Gasteiger partial charge < -0.3 is 11.1 Å². The largest absolute Gasteiger partial charge is 0.356 e. The van der Waals surface area contributed by atoms with E-state index < -0.39 is 0 Å². The third-order valence-electron chi connectivity index (χ3n) is 3.02. The van der Waals surface area contributed by atoms with E-state index in [9.17, 15) is 4.79 Å². The van der Waals surface area contributed by atoms with E-state index in [1.165, 1.54) is 0 Å². The van der Waals surface area contributed by atoms with Crippen LogP contribution < -0.4 is 11.1 Å². The van der Waals surface area contributed by atoms with Gasteiger partial charge in [0.05, 0.1) is 17.6 Å². The number of nitrogens with two attached hydrogens (primary N) is 1. The number of fused-ring (bicyclic) bond motifs is 1. The third kappa shape index (κ3) is 3.51. The number of carbonyl (C=O) groups is 1. The molecule has 100 valence electrons. The van der Waals surface area contributed by atoms with Crippen LogP contribution >= 0.6 is 0 Å². The van der Waals surface area contributed by atoms with Crippen molar-refractivity contribution in [2.45, 2.75) is 19.8 Å². The SMILES string of the molecule is Cc1cccc2ccc(CC(=O)NCCCN)nc12. The van der Waals surface area contributed by atoms with Crippen molar-refractivity contribution in [2.75, 3.05) is 13.1 Å². The lowest BCUT2D eigenvalue weighted by molar-refractivity contribution is -0.120. The number of nitrogens with one attached hydrogen (secondary N) is 1. The van der Waals surface area contributed by atoms with Gasteiger partial charge in [-0.2, -0.15) is 0 Å². The minimum Gasteiger partial charge on any atom is -0.356 e. The number of amides is 1. The first kappa shape index (κ1) is 13.5. The molecule has 0 aliphatic heterocycles. The molecule has 1 heterocycles. The van der Waals surface area contributed by atoms with Crippen LogP contribution in [0.3, 0.4) is 0 Å². The third-order valence-corrected chi connectivity index (χ3v) is 3.02. The van der Waals surface area contributed by atoms with Gasteiger partial charge in [-0.25, -0.2) is 0 Å². The van der Waals surface area contributed by atoms with Gasteiger partial charge in [0.15, 0.2) is 0 Å². The molecule has 1 amide bonds. The van der Waals surface area contributed by atoms with Gasteiger partial charge in [0.1, 0.15) is 0 Å². The summed E-state index contributed by atoms with van der Waals surface area (Å²) in [6.45, 7) is 3.25. The summed E-state index contributed by atoms with van der Waals surface area (Å²) in [4.78, 5) is 16.3. The smallest absolute Gasteiger partial charge is 0.226 e. The van der Waals surface area contributed by atoms with Gasteiger partial charge in [-0.1, -0.05) is 24.3 Å². The molecule has 4 heteroatoms. The predicted molar refractivity (Wildman–Crippen MR) is 76.9 cm³/mol. The Balaban J connectivity index is 2.09.